The Morgan fingerprint density at radius 3 is 2.37 bits per heavy atom. The van der Waals surface area contributed by atoms with E-state index in [-0.39, 0.29) is 22.4 Å². The number of aromatic nitrogens is 1. The molecule has 0 radical (unpaired) electrons. The van der Waals surface area contributed by atoms with Crippen LogP contribution in [0.15, 0.2) is 62.6 Å². The highest BCUT2D eigenvalue weighted by Crippen LogP contribution is 2.29. The van der Waals surface area contributed by atoms with E-state index < -0.39 is 15.8 Å². The van der Waals surface area contributed by atoms with Gasteiger partial charge in [0.1, 0.15) is 0 Å². The molecule has 0 fully saturated rings. The third kappa shape index (κ3) is 3.84. The first-order chi connectivity index (χ1) is 12.9. The normalized spacial score (nSPS) is 13.3. The Morgan fingerprint density at radius 1 is 1.07 bits per heavy atom. The van der Waals surface area contributed by atoms with Gasteiger partial charge in [0.05, 0.1) is 10.4 Å². The molecular weight excluding hydrogens is 364 g/mol. The van der Waals surface area contributed by atoms with E-state index >= 15 is 0 Å². The van der Waals surface area contributed by atoms with Crippen LogP contribution >= 0.6 is 0 Å². The van der Waals surface area contributed by atoms with Gasteiger partial charge in [0.25, 0.3) is 0 Å². The van der Waals surface area contributed by atoms with Crippen molar-refractivity contribution in [3.05, 3.63) is 64.6 Å². The van der Waals surface area contributed by atoms with Crippen molar-refractivity contribution < 1.29 is 12.8 Å². The molecule has 144 valence electrons. The molecule has 3 aromatic rings. The molecule has 0 aliphatic rings. The summed E-state index contributed by atoms with van der Waals surface area (Å²) in [4.78, 5) is 11.7. The molecule has 3 rings (SSSR count). The summed E-state index contributed by atoms with van der Waals surface area (Å²) in [5, 5.41) is 0. The van der Waals surface area contributed by atoms with Crippen molar-refractivity contribution in [2.75, 3.05) is 0 Å². The minimum Gasteiger partial charge on any atom is -0.408 e. The summed E-state index contributed by atoms with van der Waals surface area (Å²) in [6.45, 7) is 4.12. The molecule has 1 N–H and O–H groups in total. The number of oxazole rings is 1. The number of aryl methyl sites for hydroxylation is 1. The fourth-order valence-electron chi connectivity index (χ4n) is 3.37. The molecule has 7 heteroatoms. The molecule has 0 aliphatic heterocycles. The van der Waals surface area contributed by atoms with Crippen molar-refractivity contribution in [3.8, 4) is 0 Å². The van der Waals surface area contributed by atoms with Gasteiger partial charge >= 0.3 is 5.76 Å². The second-order valence-corrected chi connectivity index (χ2v) is 8.36. The van der Waals surface area contributed by atoms with Crippen LogP contribution in [-0.2, 0) is 17.1 Å². The van der Waals surface area contributed by atoms with Gasteiger partial charge in [-0.25, -0.2) is 17.9 Å². The van der Waals surface area contributed by atoms with Crippen molar-refractivity contribution in [2.24, 2.45) is 13.0 Å². The number of rotatable bonds is 7. The van der Waals surface area contributed by atoms with Gasteiger partial charge in [0.2, 0.25) is 10.0 Å². The lowest BCUT2D eigenvalue weighted by atomic mass is 9.90. The van der Waals surface area contributed by atoms with Crippen LogP contribution in [0.25, 0.3) is 11.1 Å². The van der Waals surface area contributed by atoms with Crippen molar-refractivity contribution in [1.82, 2.24) is 9.29 Å². The highest BCUT2D eigenvalue weighted by molar-refractivity contribution is 7.89. The van der Waals surface area contributed by atoms with Gasteiger partial charge in [-0.2, -0.15) is 0 Å². The Morgan fingerprint density at radius 2 is 1.74 bits per heavy atom. The van der Waals surface area contributed by atoms with Crippen LogP contribution in [0.1, 0.15) is 38.3 Å². The predicted molar refractivity (Wildman–Crippen MR) is 105 cm³/mol. The lowest BCUT2D eigenvalue weighted by Crippen LogP contribution is -2.33. The molecule has 0 bridgehead atoms. The summed E-state index contributed by atoms with van der Waals surface area (Å²) in [7, 11) is -2.21. The van der Waals surface area contributed by atoms with E-state index in [0.717, 1.165) is 18.4 Å². The van der Waals surface area contributed by atoms with Gasteiger partial charge in [-0.3, -0.25) is 4.57 Å². The minimum atomic E-state index is -3.79. The van der Waals surface area contributed by atoms with E-state index in [2.05, 4.69) is 18.6 Å². The van der Waals surface area contributed by atoms with Crippen LogP contribution in [0.4, 0.5) is 0 Å². The van der Waals surface area contributed by atoms with E-state index in [1.54, 1.807) is 13.1 Å². The standard InChI is InChI=1S/C20H24N2O4S/c1-4-14(5-2)19(15-9-7-6-8-10-15)21-27(24,25)16-11-12-17-18(13-16)26-20(23)22(17)3/h6-14,19,21H,4-5H2,1-3H3/t19-/m1/s1. The first-order valence-electron chi connectivity index (χ1n) is 9.04. The smallest absolute Gasteiger partial charge is 0.408 e. The van der Waals surface area contributed by atoms with Crippen LogP contribution in [0, 0.1) is 5.92 Å². The lowest BCUT2D eigenvalue weighted by molar-refractivity contribution is 0.378. The fraction of sp³-hybridized carbons (Fsp3) is 0.350. The Bertz CT molecular complexity index is 1080. The van der Waals surface area contributed by atoms with Gasteiger partial charge in [0.15, 0.2) is 5.58 Å². The van der Waals surface area contributed by atoms with E-state index in [1.807, 2.05) is 30.3 Å². The summed E-state index contributed by atoms with van der Waals surface area (Å²) in [5.74, 6) is -0.354. The SMILES string of the molecule is CCC(CC)[C@@H](NS(=O)(=O)c1ccc2c(c1)oc(=O)n2C)c1ccccc1. The maximum absolute atomic E-state index is 13.0. The van der Waals surface area contributed by atoms with E-state index in [9.17, 15) is 13.2 Å². The van der Waals surface area contributed by atoms with Gasteiger partial charge in [-0.15, -0.1) is 0 Å². The number of hydrogen-bond acceptors (Lipinski definition) is 4. The Balaban J connectivity index is 2.00. The second-order valence-electron chi connectivity index (χ2n) is 6.64. The number of hydrogen-bond donors (Lipinski definition) is 1. The summed E-state index contributed by atoms with van der Waals surface area (Å²) in [5.41, 5.74) is 1.74. The van der Waals surface area contributed by atoms with E-state index in [0.29, 0.717) is 5.52 Å². The predicted octanol–water partition coefficient (Wildman–Crippen LogP) is 3.59. The van der Waals surface area contributed by atoms with Crippen LogP contribution in [-0.4, -0.2) is 13.0 Å². The Hall–Kier alpha value is -2.38. The molecule has 1 aromatic heterocycles. The highest BCUT2D eigenvalue weighted by atomic mass is 32.2. The Kier molecular flexibility index (Phi) is 5.53. The highest BCUT2D eigenvalue weighted by Gasteiger charge is 2.27. The van der Waals surface area contributed by atoms with Crippen LogP contribution in [0.3, 0.4) is 0 Å². The molecule has 0 spiro atoms. The zero-order valence-electron chi connectivity index (χ0n) is 15.7. The molecule has 0 saturated carbocycles. The Labute approximate surface area is 158 Å². The third-order valence-electron chi connectivity index (χ3n) is 5.04. The second kappa shape index (κ2) is 7.70. The minimum absolute atomic E-state index is 0.0798. The van der Waals surface area contributed by atoms with Crippen LogP contribution in [0.2, 0.25) is 0 Å². The van der Waals surface area contributed by atoms with Gasteiger partial charge in [-0.05, 0) is 23.6 Å². The summed E-state index contributed by atoms with van der Waals surface area (Å²) < 4.78 is 35.4. The van der Waals surface area contributed by atoms with E-state index in [4.69, 9.17) is 4.42 Å². The average Bonchev–Trinajstić information content (AvgIpc) is 2.96. The van der Waals surface area contributed by atoms with Crippen LogP contribution in [0.5, 0.6) is 0 Å². The van der Waals surface area contributed by atoms with Crippen molar-refractivity contribution in [3.63, 3.8) is 0 Å². The molecule has 0 saturated heterocycles. The first-order valence-corrected chi connectivity index (χ1v) is 10.5. The van der Waals surface area contributed by atoms with Crippen molar-refractivity contribution in [2.45, 2.75) is 37.6 Å². The zero-order valence-corrected chi connectivity index (χ0v) is 16.5. The van der Waals surface area contributed by atoms with Crippen molar-refractivity contribution in [1.29, 1.82) is 0 Å². The summed E-state index contributed by atoms with van der Waals surface area (Å²) in [6.07, 6.45) is 1.70. The summed E-state index contributed by atoms with van der Waals surface area (Å²) in [6, 6.07) is 13.7. The maximum Gasteiger partial charge on any atom is 0.419 e. The molecule has 0 aliphatic carbocycles. The molecule has 0 unspecified atom stereocenters. The topological polar surface area (TPSA) is 81.3 Å². The zero-order chi connectivity index (χ0) is 19.6. The molecule has 2 aromatic carbocycles. The molecule has 1 atom stereocenters. The van der Waals surface area contributed by atoms with Gasteiger partial charge in [-0.1, -0.05) is 57.0 Å². The molecular formula is C20H24N2O4S. The summed E-state index contributed by atoms with van der Waals surface area (Å²) >= 11 is 0. The lowest BCUT2D eigenvalue weighted by Gasteiger charge is -2.26. The number of nitrogens with one attached hydrogen (secondary N) is 1. The molecule has 27 heavy (non-hydrogen) atoms. The largest absolute Gasteiger partial charge is 0.419 e. The number of benzene rings is 2. The fourth-order valence-corrected chi connectivity index (χ4v) is 4.68. The van der Waals surface area contributed by atoms with Gasteiger partial charge < -0.3 is 4.42 Å². The maximum atomic E-state index is 13.0. The van der Waals surface area contributed by atoms with Gasteiger partial charge in [0, 0.05) is 19.2 Å². The molecule has 6 nitrogen and oxygen atoms in total. The number of nitrogens with zero attached hydrogens (tertiary/aromatic N) is 1. The van der Waals surface area contributed by atoms with E-state index in [1.165, 1.54) is 16.7 Å². The third-order valence-corrected chi connectivity index (χ3v) is 6.47. The van der Waals surface area contributed by atoms with Crippen molar-refractivity contribution >= 4 is 21.1 Å². The monoisotopic (exact) mass is 388 g/mol. The number of sulfonamides is 1. The average molecular weight is 388 g/mol. The number of fused-ring (bicyclic) bond motifs is 1. The quantitative estimate of drug-likeness (QED) is 0.671. The molecule has 1 heterocycles. The first kappa shape index (κ1) is 19.4. The van der Waals surface area contributed by atoms with Crippen LogP contribution < -0.4 is 10.5 Å². The molecule has 0 amide bonds.